The van der Waals surface area contributed by atoms with Crippen molar-refractivity contribution in [3.8, 4) is 6.07 Å². The van der Waals surface area contributed by atoms with Crippen LogP contribution in [0.2, 0.25) is 0 Å². The minimum absolute atomic E-state index is 0.448. The molecule has 2 aromatic rings. The van der Waals surface area contributed by atoms with Gasteiger partial charge in [-0.25, -0.2) is 4.98 Å². The summed E-state index contributed by atoms with van der Waals surface area (Å²) < 4.78 is 0. The molecular formula is C17H20N6. The average molecular weight is 308 g/mol. The molecule has 1 fully saturated rings. The number of aryl methyl sites for hydroxylation is 1. The molecule has 118 valence electrons. The van der Waals surface area contributed by atoms with Gasteiger partial charge < -0.3 is 9.80 Å². The van der Waals surface area contributed by atoms with Crippen molar-refractivity contribution in [3.63, 3.8) is 0 Å². The molecule has 1 saturated heterocycles. The largest absolute Gasteiger partial charge is 0.356 e. The van der Waals surface area contributed by atoms with Crippen molar-refractivity contribution in [1.29, 1.82) is 5.26 Å². The van der Waals surface area contributed by atoms with Crippen molar-refractivity contribution >= 4 is 11.6 Å². The van der Waals surface area contributed by atoms with Gasteiger partial charge in [-0.2, -0.15) is 10.4 Å². The lowest BCUT2D eigenvalue weighted by molar-refractivity contribution is 0.477. The van der Waals surface area contributed by atoms with E-state index < -0.39 is 0 Å². The van der Waals surface area contributed by atoms with Crippen molar-refractivity contribution < 1.29 is 0 Å². The summed E-state index contributed by atoms with van der Waals surface area (Å²) in [4.78, 5) is 8.92. The lowest BCUT2D eigenvalue weighted by atomic mass is 10.0. The van der Waals surface area contributed by atoms with Gasteiger partial charge in [0.15, 0.2) is 5.82 Å². The predicted octanol–water partition coefficient (Wildman–Crippen LogP) is 2.16. The zero-order chi connectivity index (χ0) is 16.2. The molecule has 0 N–H and O–H groups in total. The monoisotopic (exact) mass is 308 g/mol. The molecule has 0 atom stereocenters. The summed E-state index contributed by atoms with van der Waals surface area (Å²) >= 11 is 0. The first kappa shape index (κ1) is 15.2. The molecule has 0 saturated carbocycles. The van der Waals surface area contributed by atoms with E-state index in [1.165, 1.54) is 0 Å². The van der Waals surface area contributed by atoms with Crippen molar-refractivity contribution in [1.82, 2.24) is 15.2 Å². The van der Waals surface area contributed by atoms with E-state index in [0.717, 1.165) is 43.1 Å². The van der Waals surface area contributed by atoms with Crippen LogP contribution in [0.3, 0.4) is 0 Å². The number of nitrogens with zero attached hydrogens (tertiary/aromatic N) is 6. The first-order valence-electron chi connectivity index (χ1n) is 7.82. The molecular weight excluding hydrogens is 288 g/mol. The Morgan fingerprint density at radius 3 is 2.70 bits per heavy atom. The Kier molecular flexibility index (Phi) is 4.38. The van der Waals surface area contributed by atoms with Gasteiger partial charge in [0.05, 0.1) is 0 Å². The highest BCUT2D eigenvalue weighted by Gasteiger charge is 2.24. The Hall–Kier alpha value is -2.68. The number of anilines is 2. The minimum Gasteiger partial charge on any atom is -0.356 e. The summed E-state index contributed by atoms with van der Waals surface area (Å²) in [5, 5.41) is 17.3. The molecule has 1 aliphatic rings. The van der Waals surface area contributed by atoms with Gasteiger partial charge in [-0.05, 0) is 43.5 Å². The fraction of sp³-hybridized carbons (Fsp3) is 0.412. The van der Waals surface area contributed by atoms with Gasteiger partial charge in [0.25, 0.3) is 0 Å². The summed E-state index contributed by atoms with van der Waals surface area (Å²) in [6.07, 6.45) is 3.75. The quantitative estimate of drug-likeness (QED) is 0.865. The zero-order valence-electron chi connectivity index (χ0n) is 13.5. The normalized spacial score (nSPS) is 15.3. The van der Waals surface area contributed by atoms with Gasteiger partial charge in [0, 0.05) is 32.4 Å². The Morgan fingerprint density at radius 1 is 1.26 bits per heavy atom. The van der Waals surface area contributed by atoms with Crippen LogP contribution in [0.15, 0.2) is 30.5 Å². The van der Waals surface area contributed by atoms with Gasteiger partial charge in [0.2, 0.25) is 0 Å². The van der Waals surface area contributed by atoms with Gasteiger partial charge in [-0.1, -0.05) is 6.07 Å². The highest BCUT2D eigenvalue weighted by Crippen LogP contribution is 2.23. The Morgan fingerprint density at radius 2 is 2.04 bits per heavy atom. The maximum Gasteiger partial charge on any atom is 0.151 e. The van der Waals surface area contributed by atoms with Crippen molar-refractivity contribution in [3.05, 3.63) is 41.7 Å². The smallest absolute Gasteiger partial charge is 0.151 e. The molecule has 0 spiro atoms. The molecule has 0 bridgehead atoms. The lowest BCUT2D eigenvalue weighted by Crippen LogP contribution is -2.44. The average Bonchev–Trinajstić information content (AvgIpc) is 2.62. The standard InChI is InChI=1S/C17H20N6/c1-13-5-6-16(20-15(13)12-18)23-10-7-14(8-11-23)22(2)17-4-3-9-19-21-17/h3-6,9,14H,7-8,10-11H2,1-2H3. The number of rotatable bonds is 3. The maximum atomic E-state index is 9.13. The van der Waals surface area contributed by atoms with Crippen LogP contribution in [0.5, 0.6) is 0 Å². The van der Waals surface area contributed by atoms with Crippen LogP contribution in [-0.4, -0.2) is 41.4 Å². The predicted molar refractivity (Wildman–Crippen MR) is 89.4 cm³/mol. The number of pyridine rings is 1. The minimum atomic E-state index is 0.448. The summed E-state index contributed by atoms with van der Waals surface area (Å²) in [5.74, 6) is 1.80. The number of aromatic nitrogens is 3. The van der Waals surface area contributed by atoms with Crippen LogP contribution < -0.4 is 9.80 Å². The van der Waals surface area contributed by atoms with E-state index in [1.807, 2.05) is 31.2 Å². The van der Waals surface area contributed by atoms with Crippen molar-refractivity contribution in [2.24, 2.45) is 0 Å². The SMILES string of the molecule is Cc1ccc(N2CCC(N(C)c3cccnn3)CC2)nc1C#N. The van der Waals surface area contributed by atoms with Crippen LogP contribution in [0.4, 0.5) is 11.6 Å². The second-order valence-electron chi connectivity index (χ2n) is 5.86. The van der Waals surface area contributed by atoms with Gasteiger partial charge >= 0.3 is 0 Å². The summed E-state index contributed by atoms with van der Waals surface area (Å²) in [5.41, 5.74) is 1.44. The molecule has 2 aromatic heterocycles. The van der Waals surface area contributed by atoms with Crippen LogP contribution in [0, 0.1) is 18.3 Å². The van der Waals surface area contributed by atoms with Crippen LogP contribution >= 0.6 is 0 Å². The molecule has 6 heteroatoms. The molecule has 0 amide bonds. The summed E-state index contributed by atoms with van der Waals surface area (Å²) in [6, 6.07) is 10.5. The molecule has 3 heterocycles. The van der Waals surface area contributed by atoms with E-state index in [4.69, 9.17) is 5.26 Å². The third-order valence-corrected chi connectivity index (χ3v) is 4.44. The molecule has 0 unspecified atom stereocenters. The topological polar surface area (TPSA) is 68.9 Å². The van der Waals surface area contributed by atoms with E-state index in [-0.39, 0.29) is 0 Å². The molecule has 0 radical (unpaired) electrons. The molecule has 1 aliphatic heterocycles. The summed E-state index contributed by atoms with van der Waals surface area (Å²) in [7, 11) is 2.07. The van der Waals surface area contributed by atoms with Crippen LogP contribution in [0.1, 0.15) is 24.1 Å². The molecule has 0 aromatic carbocycles. The highest BCUT2D eigenvalue weighted by molar-refractivity contribution is 5.46. The number of hydrogen-bond donors (Lipinski definition) is 0. The third-order valence-electron chi connectivity index (χ3n) is 4.44. The van der Waals surface area contributed by atoms with E-state index in [2.05, 4.69) is 38.1 Å². The van der Waals surface area contributed by atoms with Gasteiger partial charge in [-0.3, -0.25) is 0 Å². The molecule has 23 heavy (non-hydrogen) atoms. The molecule has 3 rings (SSSR count). The first-order chi connectivity index (χ1) is 11.2. The third kappa shape index (κ3) is 3.24. The lowest BCUT2D eigenvalue weighted by Gasteiger charge is -2.37. The Labute approximate surface area is 136 Å². The van der Waals surface area contributed by atoms with E-state index in [0.29, 0.717) is 11.7 Å². The van der Waals surface area contributed by atoms with E-state index in [9.17, 15) is 0 Å². The first-order valence-corrected chi connectivity index (χ1v) is 7.82. The number of hydrogen-bond acceptors (Lipinski definition) is 6. The summed E-state index contributed by atoms with van der Waals surface area (Å²) in [6.45, 7) is 3.77. The van der Waals surface area contributed by atoms with Gasteiger partial charge in [0.1, 0.15) is 17.6 Å². The maximum absolute atomic E-state index is 9.13. The van der Waals surface area contributed by atoms with Gasteiger partial charge in [-0.15, -0.1) is 5.10 Å². The Bertz CT molecular complexity index is 701. The molecule has 0 aliphatic carbocycles. The van der Waals surface area contributed by atoms with Crippen LogP contribution in [0.25, 0.3) is 0 Å². The molecule has 6 nitrogen and oxygen atoms in total. The zero-order valence-corrected chi connectivity index (χ0v) is 13.5. The van der Waals surface area contributed by atoms with E-state index in [1.54, 1.807) is 6.20 Å². The van der Waals surface area contributed by atoms with Crippen LogP contribution in [-0.2, 0) is 0 Å². The highest BCUT2D eigenvalue weighted by atomic mass is 15.3. The Balaban J connectivity index is 1.66. The number of nitriles is 1. The van der Waals surface area contributed by atoms with Crippen molar-refractivity contribution in [2.75, 3.05) is 29.9 Å². The van der Waals surface area contributed by atoms with E-state index >= 15 is 0 Å². The fourth-order valence-corrected chi connectivity index (χ4v) is 2.96. The van der Waals surface area contributed by atoms with Crippen molar-refractivity contribution in [2.45, 2.75) is 25.8 Å². The fourth-order valence-electron chi connectivity index (χ4n) is 2.96. The second-order valence-corrected chi connectivity index (χ2v) is 5.86. The second kappa shape index (κ2) is 6.61. The number of piperidine rings is 1.